The normalized spacial score (nSPS) is 19.8. The van der Waals surface area contributed by atoms with Crippen LogP contribution in [0.4, 0.5) is 0 Å². The van der Waals surface area contributed by atoms with Crippen LogP contribution in [0.2, 0.25) is 0 Å². The highest BCUT2D eigenvalue weighted by atomic mass is 79.9. The third-order valence-corrected chi connectivity index (χ3v) is 1.91. The SMILES string of the molecule is COC(=O)C1=NC(Br)=N[C@@H]1C(=O)OC. The first-order valence-electron chi connectivity index (χ1n) is 3.58. The third kappa shape index (κ3) is 1.98. The Morgan fingerprint density at radius 2 is 2.00 bits per heavy atom. The summed E-state index contributed by atoms with van der Waals surface area (Å²) in [5.74, 6) is -1.35. The Balaban J connectivity index is 2.91. The molecule has 7 heteroatoms. The number of halogens is 1. The van der Waals surface area contributed by atoms with Crippen LogP contribution in [0.15, 0.2) is 9.98 Å². The zero-order valence-corrected chi connectivity index (χ0v) is 9.07. The van der Waals surface area contributed by atoms with Gasteiger partial charge in [-0.3, -0.25) is 0 Å². The predicted octanol–water partition coefficient (Wildman–Crippen LogP) is -0.0935. The maximum absolute atomic E-state index is 11.2. The Bertz CT molecular complexity index is 337. The summed E-state index contributed by atoms with van der Waals surface area (Å²) in [6, 6.07) is -1.03. The number of aliphatic imine (C=N–C) groups is 2. The molecule has 6 nitrogen and oxygen atoms in total. The second-order valence-corrected chi connectivity index (χ2v) is 3.02. The molecule has 1 rings (SSSR count). The number of esters is 2. The molecule has 0 spiro atoms. The first kappa shape index (κ1) is 10.8. The van der Waals surface area contributed by atoms with Gasteiger partial charge in [0.15, 0.2) is 16.5 Å². The van der Waals surface area contributed by atoms with Crippen LogP contribution in [0.25, 0.3) is 0 Å². The van der Waals surface area contributed by atoms with Gasteiger partial charge in [-0.05, 0) is 15.9 Å². The van der Waals surface area contributed by atoms with Gasteiger partial charge in [0, 0.05) is 0 Å². The molecule has 0 aliphatic carbocycles. The fourth-order valence-electron chi connectivity index (χ4n) is 0.895. The van der Waals surface area contributed by atoms with E-state index in [1.54, 1.807) is 0 Å². The van der Waals surface area contributed by atoms with Gasteiger partial charge in [0.25, 0.3) is 0 Å². The van der Waals surface area contributed by atoms with Crippen LogP contribution in [0, 0.1) is 0 Å². The molecule has 1 atom stereocenters. The molecule has 0 fully saturated rings. The van der Waals surface area contributed by atoms with E-state index in [4.69, 9.17) is 0 Å². The molecule has 0 N–H and O–H groups in total. The van der Waals surface area contributed by atoms with Gasteiger partial charge >= 0.3 is 11.9 Å². The predicted molar refractivity (Wildman–Crippen MR) is 51.6 cm³/mol. The maximum Gasteiger partial charge on any atom is 0.355 e. The van der Waals surface area contributed by atoms with Crippen LogP contribution in [-0.4, -0.2) is 42.7 Å². The Labute approximate surface area is 88.1 Å². The number of carbonyl (C=O) groups is 2. The molecule has 14 heavy (non-hydrogen) atoms. The van der Waals surface area contributed by atoms with Crippen LogP contribution in [0.1, 0.15) is 0 Å². The molecular weight excluding hydrogens is 256 g/mol. The van der Waals surface area contributed by atoms with Gasteiger partial charge in [0.1, 0.15) is 0 Å². The van der Waals surface area contributed by atoms with Crippen molar-refractivity contribution in [2.45, 2.75) is 6.04 Å². The van der Waals surface area contributed by atoms with Crippen LogP contribution in [0.5, 0.6) is 0 Å². The summed E-state index contributed by atoms with van der Waals surface area (Å²) in [4.78, 5) is 29.8. The van der Waals surface area contributed by atoms with Crippen molar-refractivity contribution in [1.29, 1.82) is 0 Å². The number of nitrogens with zero attached hydrogens (tertiary/aromatic N) is 2. The fraction of sp³-hybridized carbons (Fsp3) is 0.429. The van der Waals surface area contributed by atoms with Crippen molar-refractivity contribution in [3.8, 4) is 0 Å². The summed E-state index contributed by atoms with van der Waals surface area (Å²) in [6.45, 7) is 0. The van der Waals surface area contributed by atoms with Crippen LogP contribution < -0.4 is 0 Å². The number of hydrogen-bond acceptors (Lipinski definition) is 6. The van der Waals surface area contributed by atoms with E-state index in [1.807, 2.05) is 0 Å². The van der Waals surface area contributed by atoms with E-state index in [1.165, 1.54) is 14.2 Å². The number of amidine groups is 1. The Kier molecular flexibility index (Phi) is 3.34. The van der Waals surface area contributed by atoms with E-state index < -0.39 is 18.0 Å². The minimum atomic E-state index is -1.03. The molecule has 0 aromatic rings. The lowest BCUT2D eigenvalue weighted by Crippen LogP contribution is -2.33. The molecule has 0 unspecified atom stereocenters. The number of carbonyl (C=O) groups excluding carboxylic acids is 2. The van der Waals surface area contributed by atoms with Crippen molar-refractivity contribution in [2.75, 3.05) is 14.2 Å². The molecule has 0 aromatic carbocycles. The first-order chi connectivity index (χ1) is 6.60. The monoisotopic (exact) mass is 262 g/mol. The van der Waals surface area contributed by atoms with Gasteiger partial charge in [-0.1, -0.05) is 0 Å². The second kappa shape index (κ2) is 4.32. The summed E-state index contributed by atoms with van der Waals surface area (Å²) < 4.78 is 9.06. The highest BCUT2D eigenvalue weighted by molar-refractivity contribution is 9.18. The summed E-state index contributed by atoms with van der Waals surface area (Å²) >= 11 is 2.96. The quantitative estimate of drug-likeness (QED) is 0.515. The van der Waals surface area contributed by atoms with Gasteiger partial charge in [0.2, 0.25) is 0 Å². The lowest BCUT2D eigenvalue weighted by atomic mass is 10.2. The first-order valence-corrected chi connectivity index (χ1v) is 4.37. The average Bonchev–Trinajstić information content (AvgIpc) is 2.58. The highest BCUT2D eigenvalue weighted by Gasteiger charge is 2.35. The van der Waals surface area contributed by atoms with E-state index in [-0.39, 0.29) is 10.5 Å². The zero-order chi connectivity index (χ0) is 10.7. The van der Waals surface area contributed by atoms with Crippen LogP contribution in [-0.2, 0) is 19.1 Å². The molecule has 0 bridgehead atoms. The van der Waals surface area contributed by atoms with E-state index in [2.05, 4.69) is 35.4 Å². The molecule has 0 saturated heterocycles. The number of ether oxygens (including phenoxy) is 2. The van der Waals surface area contributed by atoms with Gasteiger partial charge in [-0.2, -0.15) is 0 Å². The smallest absolute Gasteiger partial charge is 0.355 e. The molecule has 0 amide bonds. The van der Waals surface area contributed by atoms with Crippen LogP contribution in [0.3, 0.4) is 0 Å². The Morgan fingerprint density at radius 1 is 1.36 bits per heavy atom. The van der Waals surface area contributed by atoms with Crippen molar-refractivity contribution in [2.24, 2.45) is 9.98 Å². The molecule has 1 heterocycles. The van der Waals surface area contributed by atoms with E-state index in [0.29, 0.717) is 0 Å². The van der Waals surface area contributed by atoms with Crippen molar-refractivity contribution >= 4 is 38.3 Å². The van der Waals surface area contributed by atoms with E-state index in [0.717, 1.165) is 0 Å². The molecule has 0 radical (unpaired) electrons. The Hall–Kier alpha value is -1.24. The van der Waals surface area contributed by atoms with Crippen molar-refractivity contribution in [1.82, 2.24) is 0 Å². The molecule has 76 valence electrons. The van der Waals surface area contributed by atoms with Gasteiger partial charge in [0.05, 0.1) is 14.2 Å². The summed E-state index contributed by atoms with van der Waals surface area (Å²) in [7, 11) is 2.41. The summed E-state index contributed by atoms with van der Waals surface area (Å²) in [5.41, 5.74) is -0.0776. The summed E-state index contributed by atoms with van der Waals surface area (Å²) in [6.07, 6.45) is 0. The minimum Gasteiger partial charge on any atom is -0.467 e. The maximum atomic E-state index is 11.2. The Morgan fingerprint density at radius 3 is 2.50 bits per heavy atom. The lowest BCUT2D eigenvalue weighted by Gasteiger charge is -2.05. The van der Waals surface area contributed by atoms with Gasteiger partial charge < -0.3 is 9.47 Å². The standard InChI is InChI=1S/C7H7BrN2O4/c1-13-5(11)3-4(6(12)14-2)10-7(8)9-3/h3H,1-2H3/t3-/m0/s1. The fourth-order valence-corrected chi connectivity index (χ4v) is 1.29. The van der Waals surface area contributed by atoms with Gasteiger partial charge in [-0.25, -0.2) is 19.6 Å². The van der Waals surface area contributed by atoms with Crippen molar-refractivity contribution in [3.05, 3.63) is 0 Å². The average molecular weight is 263 g/mol. The van der Waals surface area contributed by atoms with Crippen molar-refractivity contribution < 1.29 is 19.1 Å². The molecule has 1 aliphatic heterocycles. The zero-order valence-electron chi connectivity index (χ0n) is 7.48. The third-order valence-electron chi connectivity index (χ3n) is 1.53. The second-order valence-electron chi connectivity index (χ2n) is 2.31. The van der Waals surface area contributed by atoms with E-state index >= 15 is 0 Å². The summed E-state index contributed by atoms with van der Waals surface area (Å²) in [5, 5.41) is 0. The molecule has 0 saturated carbocycles. The molecular formula is C7H7BrN2O4. The van der Waals surface area contributed by atoms with Gasteiger partial charge in [-0.15, -0.1) is 0 Å². The minimum absolute atomic E-state index is 0.0776. The molecule has 0 aromatic heterocycles. The number of hydrogen-bond donors (Lipinski definition) is 0. The lowest BCUT2D eigenvalue weighted by molar-refractivity contribution is -0.141. The highest BCUT2D eigenvalue weighted by Crippen LogP contribution is 2.12. The topological polar surface area (TPSA) is 77.3 Å². The number of methoxy groups -OCH3 is 2. The van der Waals surface area contributed by atoms with Crippen LogP contribution >= 0.6 is 15.9 Å². The molecule has 1 aliphatic rings. The van der Waals surface area contributed by atoms with E-state index in [9.17, 15) is 9.59 Å². The number of rotatable bonds is 2. The van der Waals surface area contributed by atoms with Crippen molar-refractivity contribution in [3.63, 3.8) is 0 Å². The largest absolute Gasteiger partial charge is 0.467 e.